The molecule has 0 N–H and O–H groups in total. The fourth-order valence-electron chi connectivity index (χ4n) is 1.45. The molecule has 20 heavy (non-hydrogen) atoms. The zero-order chi connectivity index (χ0) is 15.9. The summed E-state index contributed by atoms with van der Waals surface area (Å²) in [4.78, 5) is 0. The third-order valence-electron chi connectivity index (χ3n) is 2.33. The van der Waals surface area contributed by atoms with Crippen LogP contribution in [0.4, 0.5) is 35.1 Å². The van der Waals surface area contributed by atoms with Crippen LogP contribution in [0.25, 0.3) is 0 Å². The highest BCUT2D eigenvalue weighted by Gasteiger charge is 2.60. The molecule has 0 saturated heterocycles. The quantitative estimate of drug-likeness (QED) is 0.342. The van der Waals surface area contributed by atoms with Gasteiger partial charge >= 0.3 is 12.4 Å². The molecule has 1 aromatic carbocycles. The van der Waals surface area contributed by atoms with Crippen LogP contribution in [0.2, 0.25) is 0 Å². The Balaban J connectivity index is 3.34. The summed E-state index contributed by atoms with van der Waals surface area (Å²) in [7, 11) is 0. The maximum Gasteiger partial charge on any atom is 0.402 e. The van der Waals surface area contributed by atoms with Crippen LogP contribution in [0.3, 0.4) is 0 Å². The van der Waals surface area contributed by atoms with E-state index >= 15 is 0 Å². The van der Waals surface area contributed by atoms with Crippen LogP contribution in [-0.2, 0) is 0 Å². The van der Waals surface area contributed by atoms with Crippen molar-refractivity contribution >= 4 is 27.5 Å². The second-order valence-corrected chi connectivity index (χ2v) is 5.08. The van der Waals surface area contributed by atoms with Gasteiger partial charge in [-0.25, -0.2) is 8.78 Å². The minimum atomic E-state index is -5.75. The van der Waals surface area contributed by atoms with Gasteiger partial charge in [-0.1, -0.05) is 0 Å². The first-order valence-corrected chi connectivity index (χ1v) is 6.00. The first kappa shape index (κ1) is 17.5. The third kappa shape index (κ3) is 3.75. The first-order chi connectivity index (χ1) is 8.85. The lowest BCUT2D eigenvalue weighted by Crippen LogP contribution is -2.39. The summed E-state index contributed by atoms with van der Waals surface area (Å²) in [6.45, 7) is 0. The van der Waals surface area contributed by atoms with Crippen molar-refractivity contribution in [3.63, 3.8) is 0 Å². The van der Waals surface area contributed by atoms with E-state index in [4.69, 9.17) is 11.6 Å². The molecule has 1 atom stereocenters. The second-order valence-electron chi connectivity index (χ2n) is 3.75. The molecule has 0 aliphatic heterocycles. The topological polar surface area (TPSA) is 0 Å². The van der Waals surface area contributed by atoms with Crippen molar-refractivity contribution in [3.8, 4) is 0 Å². The number of hydrogen-bond donors (Lipinski definition) is 0. The number of benzene rings is 1. The van der Waals surface area contributed by atoms with Crippen LogP contribution in [-0.4, -0.2) is 12.4 Å². The van der Waals surface area contributed by atoms with Crippen LogP contribution >= 0.6 is 27.5 Å². The fraction of sp³-hybridized carbons (Fsp3) is 0.400. The molecule has 114 valence electrons. The Bertz CT molecular complexity index is 481. The predicted octanol–water partition coefficient (Wildman–Crippen LogP) is 5.75. The zero-order valence-electron chi connectivity index (χ0n) is 9.09. The Morgan fingerprint density at radius 3 is 1.75 bits per heavy atom. The van der Waals surface area contributed by atoms with Crippen LogP contribution in [0.5, 0.6) is 0 Å². The van der Waals surface area contributed by atoms with Crippen molar-refractivity contribution in [2.45, 2.75) is 17.7 Å². The SMILES string of the molecule is Fc1cc(C(Cl)C(C(F)(F)F)C(F)(F)F)c(F)cc1Br. The van der Waals surface area contributed by atoms with Crippen molar-refractivity contribution in [1.29, 1.82) is 0 Å². The largest absolute Gasteiger partial charge is 0.402 e. The highest BCUT2D eigenvalue weighted by molar-refractivity contribution is 9.10. The summed E-state index contributed by atoms with van der Waals surface area (Å²) >= 11 is 7.65. The molecule has 0 aliphatic carbocycles. The number of hydrogen-bond acceptors (Lipinski definition) is 0. The fourth-order valence-corrected chi connectivity index (χ4v) is 2.21. The molecule has 0 amide bonds. The van der Waals surface area contributed by atoms with Gasteiger partial charge in [0.05, 0.1) is 9.85 Å². The maximum absolute atomic E-state index is 13.4. The van der Waals surface area contributed by atoms with Crippen LogP contribution in [0.1, 0.15) is 10.9 Å². The first-order valence-electron chi connectivity index (χ1n) is 4.77. The number of halogens is 10. The van der Waals surface area contributed by atoms with E-state index in [0.717, 1.165) is 0 Å². The molecule has 1 unspecified atom stereocenters. The van der Waals surface area contributed by atoms with Gasteiger partial charge in [-0.2, -0.15) is 26.3 Å². The standard InChI is InChI=1S/C10H4BrClF8/c11-4-2-5(13)3(1-6(4)14)7(12)8(9(15,16)17)10(18,19)20/h1-2,7-8H. The molecule has 0 bridgehead atoms. The Kier molecular flexibility index (Phi) is 4.95. The highest BCUT2D eigenvalue weighted by atomic mass is 79.9. The van der Waals surface area contributed by atoms with Gasteiger partial charge in [0.1, 0.15) is 11.6 Å². The summed E-state index contributed by atoms with van der Waals surface area (Å²) < 4.78 is 101. The van der Waals surface area contributed by atoms with Crippen molar-refractivity contribution in [2.75, 3.05) is 0 Å². The van der Waals surface area contributed by atoms with E-state index in [9.17, 15) is 35.1 Å². The lowest BCUT2D eigenvalue weighted by molar-refractivity contribution is -0.285. The van der Waals surface area contributed by atoms with Gasteiger partial charge in [0.15, 0.2) is 5.92 Å². The van der Waals surface area contributed by atoms with E-state index in [-0.39, 0.29) is 6.07 Å². The van der Waals surface area contributed by atoms with Gasteiger partial charge < -0.3 is 0 Å². The average molecular weight is 391 g/mol. The Morgan fingerprint density at radius 2 is 1.35 bits per heavy atom. The van der Waals surface area contributed by atoms with E-state index in [1.165, 1.54) is 0 Å². The number of alkyl halides is 7. The molecule has 0 heterocycles. The van der Waals surface area contributed by atoms with Crippen molar-refractivity contribution in [1.82, 2.24) is 0 Å². The van der Waals surface area contributed by atoms with E-state index in [0.29, 0.717) is 6.07 Å². The molecule has 0 spiro atoms. The van der Waals surface area contributed by atoms with Crippen molar-refractivity contribution < 1.29 is 35.1 Å². The predicted molar refractivity (Wildman–Crippen MR) is 58.3 cm³/mol. The summed E-state index contributed by atoms with van der Waals surface area (Å²) in [5.41, 5.74) is -1.22. The van der Waals surface area contributed by atoms with E-state index in [1.54, 1.807) is 0 Å². The monoisotopic (exact) mass is 390 g/mol. The minimum Gasteiger partial charge on any atom is -0.207 e. The van der Waals surface area contributed by atoms with Crippen LogP contribution in [0, 0.1) is 17.6 Å². The molecule has 0 radical (unpaired) electrons. The van der Waals surface area contributed by atoms with Crippen molar-refractivity contribution in [2.24, 2.45) is 5.92 Å². The molecule has 0 aromatic heterocycles. The van der Waals surface area contributed by atoms with E-state index in [1.807, 2.05) is 0 Å². The molecule has 0 fully saturated rings. The van der Waals surface area contributed by atoms with Gasteiger partial charge in [-0.3, -0.25) is 0 Å². The van der Waals surface area contributed by atoms with Crippen LogP contribution < -0.4 is 0 Å². The maximum atomic E-state index is 13.4. The summed E-state index contributed by atoms with van der Waals surface area (Å²) in [5.74, 6) is -6.71. The smallest absolute Gasteiger partial charge is 0.207 e. The van der Waals surface area contributed by atoms with Crippen LogP contribution in [0.15, 0.2) is 16.6 Å². The van der Waals surface area contributed by atoms with Gasteiger partial charge in [0.2, 0.25) is 0 Å². The summed E-state index contributed by atoms with van der Waals surface area (Å²) in [6, 6.07) is 0.603. The van der Waals surface area contributed by atoms with Gasteiger partial charge in [-0.15, -0.1) is 11.6 Å². The van der Waals surface area contributed by atoms with E-state index in [2.05, 4.69) is 15.9 Å². The molecule has 1 aromatic rings. The third-order valence-corrected chi connectivity index (χ3v) is 3.43. The highest BCUT2D eigenvalue weighted by Crippen LogP contribution is 2.49. The average Bonchev–Trinajstić information content (AvgIpc) is 2.18. The molecule has 0 nitrogen and oxygen atoms in total. The minimum absolute atomic E-state index is 0.196. The molecule has 10 heteroatoms. The lowest BCUT2D eigenvalue weighted by atomic mass is 9.97. The number of rotatable bonds is 2. The summed E-state index contributed by atoms with van der Waals surface area (Å²) in [5, 5.41) is -2.84. The molecular formula is C10H4BrClF8. The Labute approximate surface area is 120 Å². The molecule has 0 aliphatic rings. The Hall–Kier alpha value is -0.570. The van der Waals surface area contributed by atoms with Gasteiger partial charge in [0, 0.05) is 5.56 Å². The summed E-state index contributed by atoms with van der Waals surface area (Å²) in [6.07, 6.45) is -11.5. The van der Waals surface area contributed by atoms with Gasteiger partial charge in [0.25, 0.3) is 0 Å². The van der Waals surface area contributed by atoms with Crippen molar-refractivity contribution in [3.05, 3.63) is 33.8 Å². The van der Waals surface area contributed by atoms with Gasteiger partial charge in [-0.05, 0) is 28.1 Å². The molecule has 1 rings (SSSR count). The van der Waals surface area contributed by atoms with E-state index < -0.39 is 45.3 Å². The second kappa shape index (κ2) is 5.67. The normalized spacial score (nSPS) is 14.8. The lowest BCUT2D eigenvalue weighted by Gasteiger charge is -2.27. The molecule has 0 saturated carbocycles. The Morgan fingerprint density at radius 1 is 0.900 bits per heavy atom. The zero-order valence-corrected chi connectivity index (χ0v) is 11.4. The molecular weight excluding hydrogens is 387 g/mol.